The fourth-order valence-corrected chi connectivity index (χ4v) is 5.27. The Morgan fingerprint density at radius 1 is 1.23 bits per heavy atom. The molecule has 1 nitrogen and oxygen atoms in total. The monoisotopic (exact) mass is 332 g/mol. The minimum Gasteiger partial charge on any atom is -0.259 e. The van der Waals surface area contributed by atoms with Crippen molar-refractivity contribution in [3.63, 3.8) is 0 Å². The molecule has 6 heteroatoms. The van der Waals surface area contributed by atoms with Crippen LogP contribution in [0.4, 0.5) is 17.6 Å². The molecule has 0 radical (unpaired) electrons. The highest BCUT2D eigenvalue weighted by molar-refractivity contribution is 7.86. The quantitative estimate of drug-likeness (QED) is 0.580. The second-order valence-corrected chi connectivity index (χ2v) is 7.87. The van der Waals surface area contributed by atoms with E-state index >= 15 is 0 Å². The summed E-state index contributed by atoms with van der Waals surface area (Å²) in [6.07, 6.45) is 1.16. The van der Waals surface area contributed by atoms with E-state index in [2.05, 4.69) is 0 Å². The van der Waals surface area contributed by atoms with Gasteiger partial charge in [-0.05, 0) is 43.4 Å². The van der Waals surface area contributed by atoms with Gasteiger partial charge in [0, 0.05) is 16.0 Å². The van der Waals surface area contributed by atoms with Crippen LogP contribution in [0.2, 0.25) is 0 Å². The van der Waals surface area contributed by atoms with Crippen molar-refractivity contribution in [2.75, 3.05) is 0 Å². The van der Waals surface area contributed by atoms with Crippen molar-refractivity contribution in [2.24, 2.45) is 0 Å². The summed E-state index contributed by atoms with van der Waals surface area (Å²) >= 11 is 0. The molecule has 2 bridgehead atoms. The summed E-state index contributed by atoms with van der Waals surface area (Å²) in [7, 11) is -0.853. The van der Waals surface area contributed by atoms with Gasteiger partial charge in [0.25, 0.3) is 0 Å². The van der Waals surface area contributed by atoms with Gasteiger partial charge < -0.3 is 0 Å². The summed E-state index contributed by atoms with van der Waals surface area (Å²) in [5, 5.41) is 0.159. The molecule has 0 aromatic heterocycles. The third-order valence-electron chi connectivity index (χ3n) is 4.32. The number of hydrogen-bond acceptors (Lipinski definition) is 1. The second-order valence-electron chi connectivity index (χ2n) is 5.94. The first-order valence-electron chi connectivity index (χ1n) is 7.29. The minimum atomic E-state index is -4.68. The number of allylic oxidation sites excluding steroid dienone is 1. The molecule has 3 unspecified atom stereocenters. The number of benzene rings is 1. The maximum atomic E-state index is 13.3. The molecule has 0 saturated carbocycles. The first kappa shape index (κ1) is 15.7. The van der Waals surface area contributed by atoms with E-state index in [1.807, 2.05) is 6.08 Å². The lowest BCUT2D eigenvalue weighted by atomic mass is 9.93. The van der Waals surface area contributed by atoms with Crippen LogP contribution in [0.1, 0.15) is 36.8 Å². The summed E-state index contributed by atoms with van der Waals surface area (Å²) in [4.78, 5) is 0. The molecule has 3 atom stereocenters. The molecule has 1 aromatic rings. The second kappa shape index (κ2) is 5.80. The molecular formula is C16H16F4OS. The van der Waals surface area contributed by atoms with E-state index in [1.165, 1.54) is 6.07 Å². The summed E-state index contributed by atoms with van der Waals surface area (Å²) in [6, 6.07) is 3.16. The van der Waals surface area contributed by atoms with Gasteiger partial charge in [-0.15, -0.1) is 0 Å². The van der Waals surface area contributed by atoms with Gasteiger partial charge in [-0.25, -0.2) is 4.39 Å². The lowest BCUT2D eigenvalue weighted by Crippen LogP contribution is -2.34. The summed E-state index contributed by atoms with van der Waals surface area (Å²) in [5.74, 6) is -1.24. The van der Waals surface area contributed by atoms with Crippen LogP contribution >= 0.6 is 0 Å². The van der Waals surface area contributed by atoms with Crippen molar-refractivity contribution < 1.29 is 21.8 Å². The van der Waals surface area contributed by atoms with E-state index in [4.69, 9.17) is 0 Å². The van der Waals surface area contributed by atoms with Crippen LogP contribution in [0.5, 0.6) is 0 Å². The maximum Gasteiger partial charge on any atom is 0.419 e. The van der Waals surface area contributed by atoms with Crippen LogP contribution in [0, 0.1) is 5.82 Å². The Bertz CT molecular complexity index is 636. The van der Waals surface area contributed by atoms with E-state index < -0.39 is 28.4 Å². The van der Waals surface area contributed by atoms with Gasteiger partial charge in [0.2, 0.25) is 0 Å². The fraction of sp³-hybridized carbons (Fsp3) is 0.500. The van der Waals surface area contributed by atoms with E-state index in [1.54, 1.807) is 0 Å². The average molecular weight is 332 g/mol. The van der Waals surface area contributed by atoms with Gasteiger partial charge >= 0.3 is 6.18 Å². The molecule has 1 aromatic carbocycles. The van der Waals surface area contributed by atoms with Gasteiger partial charge in [0.05, 0.1) is 10.8 Å². The van der Waals surface area contributed by atoms with E-state index in [-0.39, 0.29) is 10.5 Å². The van der Waals surface area contributed by atoms with Crippen LogP contribution in [-0.4, -0.2) is 14.7 Å². The Kier molecular flexibility index (Phi) is 4.14. The van der Waals surface area contributed by atoms with Crippen LogP contribution in [0.15, 0.2) is 29.8 Å². The molecule has 1 saturated heterocycles. The Labute approximate surface area is 128 Å². The fourth-order valence-electron chi connectivity index (χ4n) is 3.28. The lowest BCUT2D eigenvalue weighted by Gasteiger charge is -2.32. The van der Waals surface area contributed by atoms with Crippen LogP contribution in [0.25, 0.3) is 0 Å². The van der Waals surface area contributed by atoms with Crippen LogP contribution < -0.4 is 0 Å². The van der Waals surface area contributed by atoms with Crippen molar-refractivity contribution in [2.45, 2.75) is 48.8 Å². The smallest absolute Gasteiger partial charge is 0.259 e. The van der Waals surface area contributed by atoms with E-state index in [0.29, 0.717) is 18.4 Å². The Balaban J connectivity index is 1.84. The molecule has 0 N–H and O–H groups in total. The predicted octanol–water partition coefficient (Wildman–Crippen LogP) is 4.39. The molecule has 3 rings (SSSR count). The predicted molar refractivity (Wildman–Crippen MR) is 77.4 cm³/mol. The molecule has 0 spiro atoms. The first-order valence-corrected chi connectivity index (χ1v) is 8.57. The topological polar surface area (TPSA) is 17.1 Å². The standard InChI is InChI=1S/C16H16F4OS/c17-15-5-4-10(9-14(15)16(18,19)20)6-11-7-12-2-1-3-13(8-11)22(12)21/h4-5,7,9,12-13H,1-3,6,8H2. The Morgan fingerprint density at radius 3 is 2.68 bits per heavy atom. The van der Waals surface area contributed by atoms with Gasteiger partial charge in [-0.3, -0.25) is 4.21 Å². The van der Waals surface area contributed by atoms with Crippen molar-refractivity contribution in [1.82, 2.24) is 0 Å². The number of halogens is 4. The number of alkyl halides is 3. The van der Waals surface area contributed by atoms with Crippen molar-refractivity contribution in [3.8, 4) is 0 Å². The zero-order chi connectivity index (χ0) is 15.9. The maximum absolute atomic E-state index is 13.3. The highest BCUT2D eigenvalue weighted by Crippen LogP contribution is 2.36. The molecule has 22 heavy (non-hydrogen) atoms. The van der Waals surface area contributed by atoms with Gasteiger partial charge in [-0.1, -0.05) is 24.1 Å². The largest absolute Gasteiger partial charge is 0.419 e. The highest BCUT2D eigenvalue weighted by Gasteiger charge is 2.35. The molecular weight excluding hydrogens is 316 g/mol. The Morgan fingerprint density at radius 2 is 2.00 bits per heavy atom. The summed E-state index contributed by atoms with van der Waals surface area (Å²) < 4.78 is 63.7. The summed E-state index contributed by atoms with van der Waals surface area (Å²) in [5.41, 5.74) is 0.255. The van der Waals surface area contributed by atoms with Crippen molar-refractivity contribution >= 4 is 10.8 Å². The molecule has 1 fully saturated rings. The summed E-state index contributed by atoms with van der Waals surface area (Å²) in [6.45, 7) is 0. The molecule has 0 aliphatic carbocycles. The third kappa shape index (κ3) is 3.12. The third-order valence-corrected chi connectivity index (χ3v) is 6.35. The molecule has 0 amide bonds. The van der Waals surface area contributed by atoms with Crippen LogP contribution in [0.3, 0.4) is 0 Å². The van der Waals surface area contributed by atoms with E-state index in [0.717, 1.165) is 37.0 Å². The molecule has 120 valence electrons. The highest BCUT2D eigenvalue weighted by atomic mass is 32.2. The van der Waals surface area contributed by atoms with Crippen LogP contribution in [-0.2, 0) is 23.4 Å². The van der Waals surface area contributed by atoms with Gasteiger partial charge in [-0.2, -0.15) is 13.2 Å². The van der Waals surface area contributed by atoms with Crippen molar-refractivity contribution in [1.29, 1.82) is 0 Å². The molecule has 2 aliphatic rings. The van der Waals surface area contributed by atoms with Gasteiger partial charge in [0.15, 0.2) is 0 Å². The zero-order valence-electron chi connectivity index (χ0n) is 11.8. The first-order chi connectivity index (χ1) is 10.3. The SMILES string of the molecule is O=S1C2C=C(Cc3ccc(F)c(C(F)(F)F)c3)CC1CCC2. The molecule has 2 heterocycles. The zero-order valence-corrected chi connectivity index (χ0v) is 12.6. The Hall–Kier alpha value is -1.17. The molecule has 2 aliphatic heterocycles. The number of rotatable bonds is 2. The van der Waals surface area contributed by atoms with E-state index in [9.17, 15) is 21.8 Å². The van der Waals surface area contributed by atoms with Crippen molar-refractivity contribution in [3.05, 3.63) is 46.8 Å². The average Bonchev–Trinajstić information content (AvgIpc) is 2.41. The normalized spacial score (nSPS) is 28.4. The minimum absolute atomic E-state index is 0.0324. The van der Waals surface area contributed by atoms with Gasteiger partial charge in [0.1, 0.15) is 5.82 Å². The number of hydrogen-bond donors (Lipinski definition) is 0. The number of fused-ring (bicyclic) bond motifs is 2. The lowest BCUT2D eigenvalue weighted by molar-refractivity contribution is -0.140.